The number of carbonyl (C=O) groups is 1. The van der Waals surface area contributed by atoms with E-state index in [2.05, 4.69) is 10.3 Å². The maximum Gasteiger partial charge on any atom is 0.229 e. The maximum atomic E-state index is 12.1. The molecule has 6 heteroatoms. The molecule has 1 fully saturated rings. The molecule has 1 amide bonds. The maximum absolute atomic E-state index is 12.1. The standard InChI is InChI=1S/C18H15ClN2O3/c19-13-3-6-16-15(9-13)21-18(24-16)11-1-4-14(5-2-11)20-17(22)12-7-8-23-10-12/h1-6,9,12H,7-8,10H2,(H,20,22)/t12-/m1/s1. The third-order valence-electron chi connectivity index (χ3n) is 4.05. The molecule has 4 rings (SSSR count). The summed E-state index contributed by atoms with van der Waals surface area (Å²) < 4.78 is 11.0. The number of amides is 1. The molecule has 1 N–H and O–H groups in total. The summed E-state index contributed by atoms with van der Waals surface area (Å²) in [5.74, 6) is 0.456. The second-order valence-corrected chi connectivity index (χ2v) is 6.19. The van der Waals surface area contributed by atoms with Crippen LogP contribution in [-0.4, -0.2) is 24.1 Å². The van der Waals surface area contributed by atoms with E-state index >= 15 is 0 Å². The van der Waals surface area contributed by atoms with E-state index in [-0.39, 0.29) is 11.8 Å². The van der Waals surface area contributed by atoms with Crippen molar-refractivity contribution in [2.75, 3.05) is 18.5 Å². The van der Waals surface area contributed by atoms with Crippen molar-refractivity contribution in [2.24, 2.45) is 5.92 Å². The lowest BCUT2D eigenvalue weighted by Gasteiger charge is -2.09. The molecule has 1 saturated heterocycles. The van der Waals surface area contributed by atoms with Crippen LogP contribution in [-0.2, 0) is 9.53 Å². The van der Waals surface area contributed by atoms with Crippen LogP contribution < -0.4 is 5.32 Å². The lowest BCUT2D eigenvalue weighted by atomic mass is 10.1. The lowest BCUT2D eigenvalue weighted by Crippen LogP contribution is -2.22. The predicted molar refractivity (Wildman–Crippen MR) is 92.0 cm³/mol. The molecule has 1 atom stereocenters. The first-order chi connectivity index (χ1) is 11.7. The van der Waals surface area contributed by atoms with Crippen molar-refractivity contribution in [1.29, 1.82) is 0 Å². The first kappa shape index (κ1) is 15.2. The number of anilines is 1. The van der Waals surface area contributed by atoms with Crippen LogP contribution in [0.25, 0.3) is 22.6 Å². The summed E-state index contributed by atoms with van der Waals surface area (Å²) >= 11 is 5.97. The first-order valence-electron chi connectivity index (χ1n) is 7.74. The van der Waals surface area contributed by atoms with E-state index in [1.807, 2.05) is 24.3 Å². The molecule has 1 aliphatic heterocycles. The van der Waals surface area contributed by atoms with Gasteiger partial charge in [0.2, 0.25) is 11.8 Å². The van der Waals surface area contributed by atoms with Crippen LogP contribution in [0, 0.1) is 5.92 Å². The van der Waals surface area contributed by atoms with Crippen LogP contribution >= 0.6 is 11.6 Å². The minimum atomic E-state index is -0.0635. The van der Waals surface area contributed by atoms with Gasteiger partial charge in [-0.15, -0.1) is 0 Å². The van der Waals surface area contributed by atoms with Crippen molar-refractivity contribution >= 4 is 34.3 Å². The number of aromatic nitrogens is 1. The van der Waals surface area contributed by atoms with Crippen LogP contribution in [0.2, 0.25) is 5.02 Å². The highest BCUT2D eigenvalue weighted by Gasteiger charge is 2.23. The van der Waals surface area contributed by atoms with Crippen LogP contribution in [0.3, 0.4) is 0 Å². The Morgan fingerprint density at radius 1 is 1.21 bits per heavy atom. The highest BCUT2D eigenvalue weighted by atomic mass is 35.5. The molecule has 1 aliphatic rings. The third-order valence-corrected chi connectivity index (χ3v) is 4.28. The van der Waals surface area contributed by atoms with Gasteiger partial charge in [0, 0.05) is 22.9 Å². The number of nitrogens with one attached hydrogen (secondary N) is 1. The van der Waals surface area contributed by atoms with E-state index in [4.69, 9.17) is 20.8 Å². The van der Waals surface area contributed by atoms with Gasteiger partial charge in [0.25, 0.3) is 0 Å². The molecule has 0 spiro atoms. The average Bonchev–Trinajstić information content (AvgIpc) is 3.24. The SMILES string of the molecule is O=C(Nc1ccc(-c2nc3cc(Cl)ccc3o2)cc1)[C@@H]1CCOC1. The van der Waals surface area contributed by atoms with E-state index in [1.54, 1.807) is 18.2 Å². The molecule has 122 valence electrons. The van der Waals surface area contributed by atoms with E-state index < -0.39 is 0 Å². The Labute approximate surface area is 143 Å². The molecule has 0 bridgehead atoms. The van der Waals surface area contributed by atoms with Gasteiger partial charge >= 0.3 is 0 Å². The number of hydrogen-bond donors (Lipinski definition) is 1. The molecule has 0 aliphatic carbocycles. The first-order valence-corrected chi connectivity index (χ1v) is 8.12. The molecule has 5 nitrogen and oxygen atoms in total. The van der Waals surface area contributed by atoms with Crippen LogP contribution in [0.1, 0.15) is 6.42 Å². The van der Waals surface area contributed by atoms with Gasteiger partial charge in [0.05, 0.1) is 12.5 Å². The summed E-state index contributed by atoms with van der Waals surface area (Å²) in [5, 5.41) is 3.53. The normalized spacial score (nSPS) is 17.3. The number of carbonyl (C=O) groups excluding carboxylic acids is 1. The number of rotatable bonds is 3. The highest BCUT2D eigenvalue weighted by molar-refractivity contribution is 6.31. The zero-order chi connectivity index (χ0) is 16.5. The second-order valence-electron chi connectivity index (χ2n) is 5.76. The minimum Gasteiger partial charge on any atom is -0.436 e. The number of hydrogen-bond acceptors (Lipinski definition) is 4. The number of ether oxygens (including phenoxy) is 1. The third kappa shape index (κ3) is 3.00. The largest absolute Gasteiger partial charge is 0.436 e. The molecule has 0 radical (unpaired) electrons. The van der Waals surface area contributed by atoms with Gasteiger partial charge in [0.15, 0.2) is 5.58 Å². The topological polar surface area (TPSA) is 64.4 Å². The quantitative estimate of drug-likeness (QED) is 0.777. The fraction of sp³-hybridized carbons (Fsp3) is 0.222. The lowest BCUT2D eigenvalue weighted by molar-refractivity contribution is -0.119. The highest BCUT2D eigenvalue weighted by Crippen LogP contribution is 2.27. The summed E-state index contributed by atoms with van der Waals surface area (Å²) in [6, 6.07) is 12.7. The zero-order valence-corrected chi connectivity index (χ0v) is 13.5. The van der Waals surface area contributed by atoms with E-state index in [1.165, 1.54) is 0 Å². The zero-order valence-electron chi connectivity index (χ0n) is 12.8. The summed E-state index contributed by atoms with van der Waals surface area (Å²) in [4.78, 5) is 16.5. The summed E-state index contributed by atoms with van der Waals surface area (Å²) in [6.45, 7) is 1.15. The molecular weight excluding hydrogens is 328 g/mol. The Balaban J connectivity index is 1.53. The average molecular weight is 343 g/mol. The minimum absolute atomic E-state index is 0.00301. The van der Waals surface area contributed by atoms with Crippen molar-refractivity contribution in [2.45, 2.75) is 6.42 Å². The van der Waals surface area contributed by atoms with Crippen molar-refractivity contribution < 1.29 is 13.9 Å². The van der Waals surface area contributed by atoms with Gasteiger partial charge < -0.3 is 14.5 Å². The molecule has 0 unspecified atom stereocenters. The second kappa shape index (κ2) is 6.26. The van der Waals surface area contributed by atoms with E-state index in [9.17, 15) is 4.79 Å². The van der Waals surface area contributed by atoms with E-state index in [0.717, 1.165) is 23.2 Å². The molecule has 0 saturated carbocycles. The summed E-state index contributed by atoms with van der Waals surface area (Å²) in [7, 11) is 0. The molecule has 24 heavy (non-hydrogen) atoms. The molecular formula is C18H15ClN2O3. The Morgan fingerprint density at radius 2 is 2.04 bits per heavy atom. The van der Waals surface area contributed by atoms with Crippen LogP contribution in [0.15, 0.2) is 46.9 Å². The van der Waals surface area contributed by atoms with E-state index in [0.29, 0.717) is 29.7 Å². The summed E-state index contributed by atoms with van der Waals surface area (Å²) in [5.41, 5.74) is 2.99. The number of nitrogens with zero attached hydrogens (tertiary/aromatic N) is 1. The summed E-state index contributed by atoms with van der Waals surface area (Å²) in [6.07, 6.45) is 0.773. The predicted octanol–water partition coefficient (Wildman–Crippen LogP) is 4.12. The number of benzene rings is 2. The van der Waals surface area contributed by atoms with Crippen molar-refractivity contribution in [3.05, 3.63) is 47.5 Å². The molecule has 2 aromatic carbocycles. The fourth-order valence-corrected chi connectivity index (χ4v) is 2.87. The number of oxazole rings is 1. The van der Waals surface area contributed by atoms with Gasteiger partial charge in [-0.1, -0.05) is 11.6 Å². The van der Waals surface area contributed by atoms with Crippen LogP contribution in [0.5, 0.6) is 0 Å². The molecule has 2 heterocycles. The number of halogens is 1. The van der Waals surface area contributed by atoms with Gasteiger partial charge in [-0.25, -0.2) is 4.98 Å². The van der Waals surface area contributed by atoms with Gasteiger partial charge in [-0.2, -0.15) is 0 Å². The smallest absolute Gasteiger partial charge is 0.229 e. The van der Waals surface area contributed by atoms with Crippen molar-refractivity contribution in [1.82, 2.24) is 4.98 Å². The fourth-order valence-electron chi connectivity index (χ4n) is 2.71. The van der Waals surface area contributed by atoms with Gasteiger partial charge in [0.1, 0.15) is 5.52 Å². The molecule has 3 aromatic rings. The van der Waals surface area contributed by atoms with Crippen LogP contribution in [0.4, 0.5) is 5.69 Å². The Hall–Kier alpha value is -2.37. The molecule has 1 aromatic heterocycles. The van der Waals surface area contributed by atoms with Gasteiger partial charge in [-0.05, 0) is 48.9 Å². The Morgan fingerprint density at radius 3 is 2.79 bits per heavy atom. The Bertz CT molecular complexity index is 883. The number of fused-ring (bicyclic) bond motifs is 1. The van der Waals surface area contributed by atoms with Gasteiger partial charge in [-0.3, -0.25) is 4.79 Å². The van der Waals surface area contributed by atoms with Crippen molar-refractivity contribution in [3.8, 4) is 11.5 Å². The van der Waals surface area contributed by atoms with Crippen molar-refractivity contribution in [3.63, 3.8) is 0 Å². The monoisotopic (exact) mass is 342 g/mol. The Kier molecular flexibility index (Phi) is 3.96.